The molecule has 3 rings (SSSR count). The molecule has 0 spiro atoms. The first kappa shape index (κ1) is 10.0. The lowest BCUT2D eigenvalue weighted by molar-refractivity contribution is 0.252. The van der Waals surface area contributed by atoms with E-state index in [0.29, 0.717) is 0 Å². The third-order valence-corrected chi connectivity index (χ3v) is 4.15. The zero-order valence-corrected chi connectivity index (χ0v) is 9.83. The Hall–Kier alpha value is -1.18. The summed E-state index contributed by atoms with van der Waals surface area (Å²) in [7, 11) is 1.73. The Labute approximate surface area is 97.0 Å². The normalized spacial score (nSPS) is 24.2. The lowest BCUT2D eigenvalue weighted by Gasteiger charge is -2.38. The maximum absolute atomic E-state index is 5.28. The minimum atomic E-state index is 0.788. The molecule has 2 nitrogen and oxygen atoms in total. The van der Waals surface area contributed by atoms with E-state index in [0.717, 1.165) is 24.1 Å². The van der Waals surface area contributed by atoms with Crippen LogP contribution in [0.4, 0.5) is 5.69 Å². The van der Waals surface area contributed by atoms with Crippen molar-refractivity contribution in [3.8, 4) is 5.75 Å². The van der Waals surface area contributed by atoms with Crippen LogP contribution in [-0.4, -0.2) is 13.7 Å². The summed E-state index contributed by atoms with van der Waals surface area (Å²) in [5.41, 5.74) is 2.80. The summed E-state index contributed by atoms with van der Waals surface area (Å²) >= 11 is 0. The lowest BCUT2D eigenvalue weighted by Crippen LogP contribution is -2.26. The number of hydrogen-bond acceptors (Lipinski definition) is 2. The van der Waals surface area contributed by atoms with Crippen molar-refractivity contribution in [3.05, 3.63) is 23.8 Å². The molecule has 86 valence electrons. The van der Waals surface area contributed by atoms with E-state index >= 15 is 0 Å². The Morgan fingerprint density at radius 2 is 2.12 bits per heavy atom. The van der Waals surface area contributed by atoms with Crippen LogP contribution in [0.3, 0.4) is 0 Å². The Bertz CT molecular complexity index is 384. The fourth-order valence-corrected chi connectivity index (χ4v) is 2.99. The molecule has 1 heterocycles. The Morgan fingerprint density at radius 3 is 2.81 bits per heavy atom. The molecule has 1 aromatic carbocycles. The standard InChI is InChI=1S/C14H19NO/c1-16-11-5-6-13-12(10-3-2-4-10)7-8-15-14(13)9-11/h5-6,9-10,12,15H,2-4,7-8H2,1H3. The Balaban J connectivity index is 1.92. The van der Waals surface area contributed by atoms with Crippen LogP contribution in [0.5, 0.6) is 5.75 Å². The summed E-state index contributed by atoms with van der Waals surface area (Å²) in [6.07, 6.45) is 5.58. The van der Waals surface area contributed by atoms with E-state index in [1.165, 1.54) is 36.9 Å². The van der Waals surface area contributed by atoms with Crippen LogP contribution in [0.1, 0.15) is 37.2 Å². The predicted molar refractivity (Wildman–Crippen MR) is 66.2 cm³/mol. The highest BCUT2D eigenvalue weighted by Gasteiger charge is 2.31. The maximum atomic E-state index is 5.28. The zero-order valence-electron chi connectivity index (χ0n) is 9.83. The van der Waals surface area contributed by atoms with E-state index in [9.17, 15) is 0 Å². The monoisotopic (exact) mass is 217 g/mol. The molecular weight excluding hydrogens is 198 g/mol. The van der Waals surface area contributed by atoms with Crippen molar-refractivity contribution in [1.29, 1.82) is 0 Å². The van der Waals surface area contributed by atoms with Crippen LogP contribution >= 0.6 is 0 Å². The number of rotatable bonds is 2. The van der Waals surface area contributed by atoms with Crippen molar-refractivity contribution in [2.75, 3.05) is 19.0 Å². The molecule has 0 bridgehead atoms. The van der Waals surface area contributed by atoms with Gasteiger partial charge in [-0.3, -0.25) is 0 Å². The van der Waals surface area contributed by atoms with E-state index in [1.807, 2.05) is 0 Å². The molecule has 1 aromatic rings. The summed E-state index contributed by atoms with van der Waals surface area (Å²) < 4.78 is 5.28. The van der Waals surface area contributed by atoms with Crippen LogP contribution in [0, 0.1) is 5.92 Å². The first-order chi connectivity index (χ1) is 7.88. The molecule has 2 heteroatoms. The predicted octanol–water partition coefficient (Wildman–Crippen LogP) is 3.39. The van der Waals surface area contributed by atoms with Crippen molar-refractivity contribution in [1.82, 2.24) is 0 Å². The first-order valence-electron chi connectivity index (χ1n) is 6.30. The third-order valence-electron chi connectivity index (χ3n) is 4.15. The molecule has 16 heavy (non-hydrogen) atoms. The van der Waals surface area contributed by atoms with Crippen molar-refractivity contribution in [2.24, 2.45) is 5.92 Å². The SMILES string of the molecule is COc1ccc2c(c1)NCCC2C1CCC1. The number of benzene rings is 1. The second-order valence-electron chi connectivity index (χ2n) is 4.97. The molecule has 1 atom stereocenters. The van der Waals surface area contributed by atoms with Crippen molar-refractivity contribution < 1.29 is 4.74 Å². The van der Waals surface area contributed by atoms with E-state index in [4.69, 9.17) is 4.74 Å². The number of methoxy groups -OCH3 is 1. The van der Waals surface area contributed by atoms with Gasteiger partial charge >= 0.3 is 0 Å². The zero-order chi connectivity index (χ0) is 11.0. The second kappa shape index (κ2) is 4.00. The molecule has 0 aromatic heterocycles. The van der Waals surface area contributed by atoms with Crippen LogP contribution in [0.15, 0.2) is 18.2 Å². The number of nitrogens with one attached hydrogen (secondary N) is 1. The van der Waals surface area contributed by atoms with Crippen LogP contribution < -0.4 is 10.1 Å². The lowest BCUT2D eigenvalue weighted by atomic mass is 9.70. The van der Waals surface area contributed by atoms with E-state index in [1.54, 1.807) is 7.11 Å². The van der Waals surface area contributed by atoms with Gasteiger partial charge in [-0.25, -0.2) is 0 Å². The van der Waals surface area contributed by atoms with Crippen molar-refractivity contribution >= 4 is 5.69 Å². The van der Waals surface area contributed by atoms with E-state index in [-0.39, 0.29) is 0 Å². The highest BCUT2D eigenvalue weighted by molar-refractivity contribution is 5.58. The largest absolute Gasteiger partial charge is 0.497 e. The number of hydrogen-bond donors (Lipinski definition) is 1. The van der Waals surface area contributed by atoms with Gasteiger partial charge in [0.25, 0.3) is 0 Å². The van der Waals surface area contributed by atoms with Gasteiger partial charge in [-0.05, 0) is 42.7 Å². The average Bonchev–Trinajstić information content (AvgIpc) is 2.26. The quantitative estimate of drug-likeness (QED) is 0.819. The topological polar surface area (TPSA) is 21.3 Å². The molecule has 1 saturated carbocycles. The smallest absolute Gasteiger partial charge is 0.120 e. The molecule has 1 unspecified atom stereocenters. The number of anilines is 1. The van der Waals surface area contributed by atoms with Crippen molar-refractivity contribution in [2.45, 2.75) is 31.6 Å². The average molecular weight is 217 g/mol. The second-order valence-corrected chi connectivity index (χ2v) is 4.97. The Kier molecular flexibility index (Phi) is 2.50. The van der Waals surface area contributed by atoms with E-state index < -0.39 is 0 Å². The molecule has 1 aliphatic carbocycles. The molecule has 1 N–H and O–H groups in total. The van der Waals surface area contributed by atoms with Gasteiger partial charge in [0.05, 0.1) is 7.11 Å². The minimum absolute atomic E-state index is 0.788. The molecular formula is C14H19NO. The van der Waals surface area contributed by atoms with Crippen LogP contribution in [0.25, 0.3) is 0 Å². The first-order valence-corrected chi connectivity index (χ1v) is 6.30. The van der Waals surface area contributed by atoms with Gasteiger partial charge in [0.1, 0.15) is 5.75 Å². The Morgan fingerprint density at radius 1 is 1.25 bits per heavy atom. The highest BCUT2D eigenvalue weighted by atomic mass is 16.5. The molecule has 1 aliphatic heterocycles. The summed E-state index contributed by atoms with van der Waals surface area (Å²) in [5.74, 6) is 2.69. The van der Waals surface area contributed by atoms with Gasteiger partial charge in [0.2, 0.25) is 0 Å². The van der Waals surface area contributed by atoms with Gasteiger partial charge in [-0.15, -0.1) is 0 Å². The van der Waals surface area contributed by atoms with Crippen LogP contribution in [0.2, 0.25) is 0 Å². The summed E-state index contributed by atoms with van der Waals surface area (Å²) in [6, 6.07) is 6.49. The summed E-state index contributed by atoms with van der Waals surface area (Å²) in [6.45, 7) is 1.11. The van der Waals surface area contributed by atoms with Crippen molar-refractivity contribution in [3.63, 3.8) is 0 Å². The third kappa shape index (κ3) is 1.57. The summed E-state index contributed by atoms with van der Waals surface area (Å²) in [4.78, 5) is 0. The number of fused-ring (bicyclic) bond motifs is 1. The minimum Gasteiger partial charge on any atom is -0.497 e. The highest BCUT2D eigenvalue weighted by Crippen LogP contribution is 2.45. The van der Waals surface area contributed by atoms with Gasteiger partial charge < -0.3 is 10.1 Å². The summed E-state index contributed by atoms with van der Waals surface area (Å²) in [5, 5.41) is 3.49. The van der Waals surface area contributed by atoms with Crippen LogP contribution in [-0.2, 0) is 0 Å². The molecule has 0 saturated heterocycles. The maximum Gasteiger partial charge on any atom is 0.120 e. The molecule has 0 amide bonds. The number of ether oxygens (including phenoxy) is 1. The van der Waals surface area contributed by atoms with E-state index in [2.05, 4.69) is 23.5 Å². The molecule has 2 aliphatic rings. The fourth-order valence-electron chi connectivity index (χ4n) is 2.99. The molecule has 1 fully saturated rings. The van der Waals surface area contributed by atoms with Gasteiger partial charge in [-0.1, -0.05) is 12.5 Å². The van der Waals surface area contributed by atoms with Gasteiger partial charge in [0.15, 0.2) is 0 Å². The van der Waals surface area contributed by atoms with Gasteiger partial charge in [0, 0.05) is 18.3 Å². The fraction of sp³-hybridized carbons (Fsp3) is 0.571. The molecule has 0 radical (unpaired) electrons. The van der Waals surface area contributed by atoms with Gasteiger partial charge in [-0.2, -0.15) is 0 Å².